The Morgan fingerprint density at radius 1 is 1.32 bits per heavy atom. The molecule has 2 N–H and O–H groups in total. The third-order valence-corrected chi connectivity index (χ3v) is 4.54. The molecule has 0 aliphatic carbocycles. The second-order valence-corrected chi connectivity index (χ2v) is 6.33. The van der Waals surface area contributed by atoms with Crippen LogP contribution in [0.3, 0.4) is 0 Å². The number of aromatic amines is 1. The van der Waals surface area contributed by atoms with E-state index in [2.05, 4.69) is 15.3 Å². The first-order valence-electron chi connectivity index (χ1n) is 5.74. The van der Waals surface area contributed by atoms with Crippen molar-refractivity contribution in [3.63, 3.8) is 0 Å². The Kier molecular flexibility index (Phi) is 3.87. The van der Waals surface area contributed by atoms with Gasteiger partial charge >= 0.3 is 0 Å². The molecule has 1 aromatic carbocycles. The lowest BCUT2D eigenvalue weighted by Crippen LogP contribution is -2.23. The monoisotopic (exact) mass is 280 g/mol. The van der Waals surface area contributed by atoms with Crippen molar-refractivity contribution in [1.82, 2.24) is 14.3 Å². The number of nitrogens with one attached hydrogen (secondary N) is 2. The van der Waals surface area contributed by atoms with E-state index in [1.807, 2.05) is 0 Å². The molecule has 2 rings (SSSR count). The van der Waals surface area contributed by atoms with Crippen molar-refractivity contribution in [2.24, 2.45) is 0 Å². The molecule has 0 amide bonds. The van der Waals surface area contributed by atoms with Crippen LogP contribution in [0.4, 0.5) is 5.69 Å². The predicted octanol–water partition coefficient (Wildman–Crippen LogP) is 1.27. The summed E-state index contributed by atoms with van der Waals surface area (Å²) in [7, 11) is -0.424. The molecule has 0 unspecified atom stereocenters. The molecule has 2 aromatic rings. The normalized spacial score (nSPS) is 11.7. The average Bonchev–Trinajstić information content (AvgIpc) is 2.89. The molecule has 0 spiro atoms. The van der Waals surface area contributed by atoms with Gasteiger partial charge in [-0.05, 0) is 12.1 Å². The van der Waals surface area contributed by atoms with E-state index in [0.29, 0.717) is 12.2 Å². The highest BCUT2D eigenvalue weighted by Crippen LogP contribution is 2.23. The molecule has 102 valence electrons. The molecular formula is C12H16N4O2S. The molecule has 19 heavy (non-hydrogen) atoms. The van der Waals surface area contributed by atoms with Gasteiger partial charge < -0.3 is 10.3 Å². The largest absolute Gasteiger partial charge is 0.378 e. The van der Waals surface area contributed by atoms with E-state index < -0.39 is 10.0 Å². The molecule has 0 saturated carbocycles. The van der Waals surface area contributed by atoms with Crippen LogP contribution in [0.15, 0.2) is 41.7 Å². The Bertz CT molecular complexity index is 636. The average molecular weight is 280 g/mol. The Morgan fingerprint density at radius 2 is 2.05 bits per heavy atom. The van der Waals surface area contributed by atoms with E-state index in [9.17, 15) is 8.42 Å². The zero-order chi connectivity index (χ0) is 13.9. The SMILES string of the molecule is CN(C)S(=O)(=O)c1ccccc1NCc1cnc[nH]1. The van der Waals surface area contributed by atoms with Gasteiger partial charge in [0.2, 0.25) is 10.0 Å². The molecule has 0 saturated heterocycles. The predicted molar refractivity (Wildman–Crippen MR) is 73.2 cm³/mol. The number of benzene rings is 1. The minimum Gasteiger partial charge on any atom is -0.378 e. The number of hydrogen-bond acceptors (Lipinski definition) is 4. The topological polar surface area (TPSA) is 78.1 Å². The third-order valence-electron chi connectivity index (χ3n) is 2.67. The van der Waals surface area contributed by atoms with Crippen molar-refractivity contribution in [3.05, 3.63) is 42.5 Å². The molecule has 0 fully saturated rings. The van der Waals surface area contributed by atoms with Gasteiger partial charge in [0.1, 0.15) is 4.90 Å². The molecule has 1 heterocycles. The van der Waals surface area contributed by atoms with Gasteiger partial charge in [0, 0.05) is 20.3 Å². The van der Waals surface area contributed by atoms with Gasteiger partial charge in [0.15, 0.2) is 0 Å². The summed E-state index contributed by atoms with van der Waals surface area (Å²) in [6.45, 7) is 0.486. The lowest BCUT2D eigenvalue weighted by molar-refractivity contribution is 0.521. The Labute approximate surface area is 112 Å². The first kappa shape index (κ1) is 13.6. The first-order valence-corrected chi connectivity index (χ1v) is 7.18. The molecule has 0 aliphatic rings. The fraction of sp³-hybridized carbons (Fsp3) is 0.250. The number of imidazole rings is 1. The molecule has 0 bridgehead atoms. The first-order chi connectivity index (χ1) is 9.01. The van der Waals surface area contributed by atoms with Gasteiger partial charge in [-0.15, -0.1) is 0 Å². The van der Waals surface area contributed by atoms with Gasteiger partial charge in [0.05, 0.1) is 24.3 Å². The molecule has 7 heteroatoms. The fourth-order valence-electron chi connectivity index (χ4n) is 1.61. The second kappa shape index (κ2) is 5.41. The lowest BCUT2D eigenvalue weighted by atomic mass is 10.3. The van der Waals surface area contributed by atoms with E-state index in [-0.39, 0.29) is 4.90 Å². The zero-order valence-electron chi connectivity index (χ0n) is 10.8. The van der Waals surface area contributed by atoms with E-state index in [1.165, 1.54) is 18.4 Å². The third kappa shape index (κ3) is 2.94. The number of para-hydroxylation sites is 1. The summed E-state index contributed by atoms with van der Waals surface area (Å²) in [5, 5.41) is 3.10. The maximum Gasteiger partial charge on any atom is 0.244 e. The summed E-state index contributed by atoms with van der Waals surface area (Å²) in [6, 6.07) is 6.83. The Hall–Kier alpha value is -1.86. The number of hydrogen-bond donors (Lipinski definition) is 2. The molecular weight excluding hydrogens is 264 g/mol. The molecule has 0 atom stereocenters. The van der Waals surface area contributed by atoms with Crippen LogP contribution in [0.1, 0.15) is 5.69 Å². The molecule has 6 nitrogen and oxygen atoms in total. The second-order valence-electron chi connectivity index (χ2n) is 4.21. The van der Waals surface area contributed by atoms with Crippen molar-refractivity contribution in [2.45, 2.75) is 11.4 Å². The smallest absolute Gasteiger partial charge is 0.244 e. The standard InChI is InChI=1S/C12H16N4O2S/c1-16(2)19(17,18)12-6-4-3-5-11(12)14-8-10-7-13-9-15-10/h3-7,9,14H,8H2,1-2H3,(H,13,15). The summed E-state index contributed by atoms with van der Waals surface area (Å²) in [4.78, 5) is 7.13. The van der Waals surface area contributed by atoms with Crippen molar-refractivity contribution >= 4 is 15.7 Å². The van der Waals surface area contributed by atoms with Crippen molar-refractivity contribution < 1.29 is 8.42 Å². The van der Waals surface area contributed by atoms with E-state index in [1.54, 1.807) is 36.8 Å². The summed E-state index contributed by atoms with van der Waals surface area (Å²) in [5.41, 5.74) is 1.46. The van der Waals surface area contributed by atoms with E-state index in [0.717, 1.165) is 5.69 Å². The number of H-pyrrole nitrogens is 1. The van der Waals surface area contributed by atoms with Gasteiger partial charge in [-0.2, -0.15) is 0 Å². The van der Waals surface area contributed by atoms with E-state index in [4.69, 9.17) is 0 Å². The summed E-state index contributed by atoms with van der Waals surface area (Å²) in [5.74, 6) is 0. The number of anilines is 1. The van der Waals surface area contributed by atoms with Crippen LogP contribution < -0.4 is 5.32 Å². The highest BCUT2D eigenvalue weighted by atomic mass is 32.2. The lowest BCUT2D eigenvalue weighted by Gasteiger charge is -2.15. The molecule has 0 radical (unpaired) electrons. The Balaban J connectivity index is 2.27. The van der Waals surface area contributed by atoms with Crippen LogP contribution in [0, 0.1) is 0 Å². The maximum atomic E-state index is 12.2. The van der Waals surface area contributed by atoms with Crippen LogP contribution in [-0.2, 0) is 16.6 Å². The summed E-state index contributed by atoms with van der Waals surface area (Å²) in [6.07, 6.45) is 3.27. The van der Waals surface area contributed by atoms with Crippen LogP contribution in [0.2, 0.25) is 0 Å². The number of nitrogens with zero attached hydrogens (tertiary/aromatic N) is 2. The fourth-order valence-corrected chi connectivity index (χ4v) is 2.67. The number of sulfonamides is 1. The summed E-state index contributed by atoms with van der Waals surface area (Å²) >= 11 is 0. The quantitative estimate of drug-likeness (QED) is 0.864. The van der Waals surface area contributed by atoms with Gasteiger partial charge in [-0.1, -0.05) is 12.1 Å². The number of aromatic nitrogens is 2. The highest BCUT2D eigenvalue weighted by molar-refractivity contribution is 7.89. The summed E-state index contributed by atoms with van der Waals surface area (Å²) < 4.78 is 25.6. The minimum atomic E-state index is -3.45. The van der Waals surface area contributed by atoms with Crippen molar-refractivity contribution in [3.8, 4) is 0 Å². The van der Waals surface area contributed by atoms with Gasteiger partial charge in [0.25, 0.3) is 0 Å². The molecule has 0 aliphatic heterocycles. The van der Waals surface area contributed by atoms with Crippen molar-refractivity contribution in [2.75, 3.05) is 19.4 Å². The van der Waals surface area contributed by atoms with Crippen LogP contribution in [0.5, 0.6) is 0 Å². The molecule has 1 aromatic heterocycles. The zero-order valence-corrected chi connectivity index (χ0v) is 11.6. The minimum absolute atomic E-state index is 0.263. The van der Waals surface area contributed by atoms with Gasteiger partial charge in [-0.3, -0.25) is 0 Å². The van der Waals surface area contributed by atoms with Crippen LogP contribution in [-0.4, -0.2) is 36.8 Å². The number of rotatable bonds is 5. The Morgan fingerprint density at radius 3 is 2.68 bits per heavy atom. The van der Waals surface area contributed by atoms with E-state index >= 15 is 0 Å². The van der Waals surface area contributed by atoms with Gasteiger partial charge in [-0.25, -0.2) is 17.7 Å². The van der Waals surface area contributed by atoms with Crippen molar-refractivity contribution in [1.29, 1.82) is 0 Å². The highest BCUT2D eigenvalue weighted by Gasteiger charge is 2.20. The van der Waals surface area contributed by atoms with Crippen LogP contribution >= 0.6 is 0 Å². The van der Waals surface area contributed by atoms with Crippen LogP contribution in [0.25, 0.3) is 0 Å². The maximum absolute atomic E-state index is 12.2.